The number of rotatable bonds is 4. The lowest BCUT2D eigenvalue weighted by Crippen LogP contribution is -2.52. The molecule has 3 rings (SSSR count). The number of amides is 1. The summed E-state index contributed by atoms with van der Waals surface area (Å²) < 4.78 is 0. The Balaban J connectivity index is 1.85. The molecule has 1 fully saturated rings. The fraction of sp³-hybridized carbons (Fsp3) is 0.316. The van der Waals surface area contributed by atoms with E-state index >= 15 is 0 Å². The Labute approximate surface area is 152 Å². The van der Waals surface area contributed by atoms with Crippen molar-refractivity contribution in [2.24, 2.45) is 5.73 Å². The van der Waals surface area contributed by atoms with Crippen molar-refractivity contribution < 1.29 is 9.72 Å². The third kappa shape index (κ3) is 3.46. The highest BCUT2D eigenvalue weighted by molar-refractivity contribution is 5.94. The molecular weight excluding hydrogens is 332 g/mol. The van der Waals surface area contributed by atoms with Crippen LogP contribution >= 0.6 is 0 Å². The molecule has 1 unspecified atom stereocenters. The van der Waals surface area contributed by atoms with E-state index in [9.17, 15) is 14.9 Å². The molecular formula is C19H22N4O3. The molecule has 26 heavy (non-hydrogen) atoms. The molecule has 2 N–H and O–H groups in total. The highest BCUT2D eigenvalue weighted by Gasteiger charge is 2.28. The average Bonchev–Trinajstić information content (AvgIpc) is 2.61. The Kier molecular flexibility index (Phi) is 4.79. The number of primary amides is 1. The van der Waals surface area contributed by atoms with Crippen LogP contribution in [0.2, 0.25) is 0 Å². The Bertz CT molecular complexity index is 852. The molecule has 0 spiro atoms. The van der Waals surface area contributed by atoms with Gasteiger partial charge in [-0.3, -0.25) is 14.9 Å². The summed E-state index contributed by atoms with van der Waals surface area (Å²) in [6, 6.07) is 13.0. The van der Waals surface area contributed by atoms with E-state index in [1.54, 1.807) is 12.1 Å². The van der Waals surface area contributed by atoms with Crippen molar-refractivity contribution in [3.63, 3.8) is 0 Å². The van der Waals surface area contributed by atoms with E-state index in [0.717, 1.165) is 12.2 Å². The predicted molar refractivity (Wildman–Crippen MR) is 102 cm³/mol. The number of aryl methyl sites for hydroxylation is 1. The van der Waals surface area contributed by atoms with E-state index in [0.29, 0.717) is 18.8 Å². The van der Waals surface area contributed by atoms with Gasteiger partial charge in [-0.2, -0.15) is 0 Å². The Morgan fingerprint density at radius 2 is 2.00 bits per heavy atom. The third-order valence-electron chi connectivity index (χ3n) is 4.76. The minimum atomic E-state index is -0.669. The van der Waals surface area contributed by atoms with Crippen molar-refractivity contribution in [2.45, 2.75) is 19.9 Å². The number of nitro benzene ring substituents is 1. The van der Waals surface area contributed by atoms with Crippen molar-refractivity contribution in [1.82, 2.24) is 0 Å². The quantitative estimate of drug-likeness (QED) is 0.673. The van der Waals surface area contributed by atoms with Crippen LogP contribution in [0.5, 0.6) is 0 Å². The first-order valence-electron chi connectivity index (χ1n) is 8.53. The molecule has 0 saturated carbocycles. The smallest absolute Gasteiger partial charge is 0.293 e. The van der Waals surface area contributed by atoms with E-state index in [2.05, 4.69) is 36.9 Å². The molecule has 1 heterocycles. The number of carbonyl (C=O) groups is 1. The SMILES string of the molecule is Cc1cccc(N2CCN(c3ccc(C(N)=O)cc3[N+](=O)[O-])CC2C)c1. The molecule has 1 aliphatic heterocycles. The highest BCUT2D eigenvalue weighted by Crippen LogP contribution is 2.32. The summed E-state index contributed by atoms with van der Waals surface area (Å²) >= 11 is 0. The number of carbonyl (C=O) groups excluding carboxylic acids is 1. The van der Waals surface area contributed by atoms with Gasteiger partial charge in [0.1, 0.15) is 5.69 Å². The monoisotopic (exact) mass is 354 g/mol. The number of nitrogens with zero attached hydrogens (tertiary/aromatic N) is 3. The number of nitro groups is 1. The fourth-order valence-corrected chi connectivity index (χ4v) is 3.46. The second-order valence-corrected chi connectivity index (χ2v) is 6.65. The van der Waals surface area contributed by atoms with E-state index in [1.807, 2.05) is 11.0 Å². The van der Waals surface area contributed by atoms with Gasteiger partial charge in [0.2, 0.25) is 5.91 Å². The Morgan fingerprint density at radius 3 is 2.62 bits per heavy atom. The molecule has 0 bridgehead atoms. The maximum Gasteiger partial charge on any atom is 0.293 e. The van der Waals surface area contributed by atoms with E-state index in [1.165, 1.54) is 11.6 Å². The normalized spacial score (nSPS) is 17.2. The van der Waals surface area contributed by atoms with Gasteiger partial charge in [0, 0.05) is 43.0 Å². The molecule has 1 amide bonds. The van der Waals surface area contributed by atoms with Gasteiger partial charge >= 0.3 is 0 Å². The topological polar surface area (TPSA) is 92.7 Å². The first kappa shape index (κ1) is 17.7. The zero-order valence-electron chi connectivity index (χ0n) is 14.9. The van der Waals surface area contributed by atoms with Gasteiger partial charge in [-0.25, -0.2) is 0 Å². The third-order valence-corrected chi connectivity index (χ3v) is 4.76. The first-order chi connectivity index (χ1) is 12.4. The fourth-order valence-electron chi connectivity index (χ4n) is 3.46. The van der Waals surface area contributed by atoms with E-state index in [4.69, 9.17) is 5.73 Å². The number of benzene rings is 2. The van der Waals surface area contributed by atoms with Gasteiger partial charge < -0.3 is 15.5 Å². The molecule has 0 aliphatic carbocycles. The Morgan fingerprint density at radius 1 is 1.23 bits per heavy atom. The van der Waals surface area contributed by atoms with Gasteiger partial charge in [0.25, 0.3) is 5.69 Å². The molecule has 7 nitrogen and oxygen atoms in total. The van der Waals surface area contributed by atoms with Crippen LogP contribution in [0.25, 0.3) is 0 Å². The second-order valence-electron chi connectivity index (χ2n) is 6.65. The summed E-state index contributed by atoms with van der Waals surface area (Å²) in [4.78, 5) is 26.6. The Hall–Kier alpha value is -3.09. The van der Waals surface area contributed by atoms with Gasteiger partial charge in [0.15, 0.2) is 0 Å². The zero-order valence-corrected chi connectivity index (χ0v) is 14.9. The van der Waals surface area contributed by atoms with Gasteiger partial charge in [-0.1, -0.05) is 12.1 Å². The minimum Gasteiger partial charge on any atom is -0.366 e. The summed E-state index contributed by atoms with van der Waals surface area (Å²) in [6.07, 6.45) is 0. The maximum atomic E-state index is 11.5. The number of anilines is 2. The van der Waals surface area contributed by atoms with Crippen LogP contribution in [0.3, 0.4) is 0 Å². The number of hydrogen-bond donors (Lipinski definition) is 1. The van der Waals surface area contributed by atoms with E-state index in [-0.39, 0.29) is 17.3 Å². The van der Waals surface area contributed by atoms with Crippen LogP contribution < -0.4 is 15.5 Å². The highest BCUT2D eigenvalue weighted by atomic mass is 16.6. The van der Waals surface area contributed by atoms with Crippen LogP contribution in [0.4, 0.5) is 17.1 Å². The van der Waals surface area contributed by atoms with Gasteiger partial charge in [-0.05, 0) is 43.7 Å². The molecule has 2 aromatic rings. The summed E-state index contributed by atoms with van der Waals surface area (Å²) in [5, 5.41) is 11.5. The molecule has 1 aliphatic rings. The minimum absolute atomic E-state index is 0.0856. The van der Waals surface area contributed by atoms with Crippen molar-refractivity contribution in [1.29, 1.82) is 0 Å². The van der Waals surface area contributed by atoms with Crippen molar-refractivity contribution in [2.75, 3.05) is 29.4 Å². The van der Waals surface area contributed by atoms with Crippen LogP contribution in [0.15, 0.2) is 42.5 Å². The zero-order chi connectivity index (χ0) is 18.8. The van der Waals surface area contributed by atoms with Crippen LogP contribution in [0.1, 0.15) is 22.8 Å². The molecule has 7 heteroatoms. The lowest BCUT2D eigenvalue weighted by molar-refractivity contribution is -0.384. The van der Waals surface area contributed by atoms with Crippen molar-refractivity contribution >= 4 is 23.0 Å². The largest absolute Gasteiger partial charge is 0.366 e. The number of nitrogens with two attached hydrogens (primary N) is 1. The summed E-state index contributed by atoms with van der Waals surface area (Å²) in [7, 11) is 0. The summed E-state index contributed by atoms with van der Waals surface area (Å²) in [6.45, 7) is 6.26. The number of piperazine rings is 1. The second kappa shape index (κ2) is 7.03. The lowest BCUT2D eigenvalue weighted by atomic mass is 10.1. The molecule has 1 atom stereocenters. The predicted octanol–water partition coefficient (Wildman–Crippen LogP) is 2.72. The molecule has 0 radical (unpaired) electrons. The van der Waals surface area contributed by atoms with Crippen molar-refractivity contribution in [3.05, 3.63) is 63.7 Å². The molecule has 136 valence electrons. The van der Waals surface area contributed by atoms with Crippen LogP contribution in [-0.4, -0.2) is 36.5 Å². The van der Waals surface area contributed by atoms with Crippen LogP contribution in [0, 0.1) is 17.0 Å². The molecule has 2 aromatic carbocycles. The van der Waals surface area contributed by atoms with Crippen molar-refractivity contribution in [3.8, 4) is 0 Å². The first-order valence-corrected chi connectivity index (χ1v) is 8.53. The standard InChI is InChI=1S/C19H22N4O3/c1-13-4-3-5-16(10-13)22-9-8-21(12-14(22)2)17-7-6-15(19(20)24)11-18(17)23(25)26/h3-7,10-11,14H,8-9,12H2,1-2H3,(H2,20,24). The maximum absolute atomic E-state index is 11.5. The average molecular weight is 354 g/mol. The summed E-state index contributed by atoms with van der Waals surface area (Å²) in [5.41, 5.74) is 8.20. The van der Waals surface area contributed by atoms with Gasteiger partial charge in [-0.15, -0.1) is 0 Å². The van der Waals surface area contributed by atoms with Crippen LogP contribution in [-0.2, 0) is 0 Å². The lowest BCUT2D eigenvalue weighted by Gasteiger charge is -2.42. The molecule has 0 aromatic heterocycles. The van der Waals surface area contributed by atoms with Gasteiger partial charge in [0.05, 0.1) is 4.92 Å². The number of hydrogen-bond acceptors (Lipinski definition) is 5. The molecule has 1 saturated heterocycles. The van der Waals surface area contributed by atoms with E-state index < -0.39 is 10.8 Å². The summed E-state index contributed by atoms with van der Waals surface area (Å²) in [5.74, 6) is -0.669.